The number of hydrogen-bond acceptors (Lipinski definition) is 3. The van der Waals surface area contributed by atoms with E-state index in [0.29, 0.717) is 12.3 Å². The molecule has 0 aliphatic rings. The predicted molar refractivity (Wildman–Crippen MR) is 37.2 cm³/mol. The smallest absolute Gasteiger partial charge is 0.132 e. The first kappa shape index (κ1) is 7.31. The van der Waals surface area contributed by atoms with Gasteiger partial charge in [-0.3, -0.25) is 0 Å². The number of aliphatic hydroxyl groups excluding tert-OH is 1. The molecule has 1 heterocycles. The number of rotatable bonds is 2. The lowest BCUT2D eigenvalue weighted by atomic mass is 10.2. The van der Waals surface area contributed by atoms with Crippen LogP contribution in [0.5, 0.6) is 0 Å². The van der Waals surface area contributed by atoms with Crippen molar-refractivity contribution in [1.29, 1.82) is 0 Å². The Morgan fingerprint density at radius 2 is 2.50 bits per heavy atom. The topological polar surface area (TPSA) is 59.4 Å². The second-order valence-corrected chi connectivity index (χ2v) is 2.24. The van der Waals surface area contributed by atoms with E-state index < -0.39 is 6.10 Å². The van der Waals surface area contributed by atoms with Crippen molar-refractivity contribution in [3.8, 4) is 0 Å². The Morgan fingerprint density at radius 3 is 2.80 bits per heavy atom. The largest absolute Gasteiger partial charge is 0.466 e. The molecule has 10 heavy (non-hydrogen) atoms. The van der Waals surface area contributed by atoms with E-state index in [1.165, 1.54) is 0 Å². The van der Waals surface area contributed by atoms with E-state index in [0.717, 1.165) is 5.56 Å². The molecule has 3 N–H and O–H groups in total. The van der Waals surface area contributed by atoms with Gasteiger partial charge in [-0.15, -0.1) is 0 Å². The summed E-state index contributed by atoms with van der Waals surface area (Å²) in [6, 6.07) is 1.75. The Kier molecular flexibility index (Phi) is 2.09. The van der Waals surface area contributed by atoms with Crippen LogP contribution in [0.2, 0.25) is 0 Å². The summed E-state index contributed by atoms with van der Waals surface area (Å²) in [5.74, 6) is 0.570. The summed E-state index contributed by atoms with van der Waals surface area (Å²) in [4.78, 5) is 0. The third kappa shape index (κ3) is 1.37. The van der Waals surface area contributed by atoms with Gasteiger partial charge in [-0.2, -0.15) is 0 Å². The Balaban J connectivity index is 2.78. The highest BCUT2D eigenvalue weighted by molar-refractivity contribution is 5.13. The molecule has 0 spiro atoms. The minimum atomic E-state index is -0.541. The van der Waals surface area contributed by atoms with Gasteiger partial charge in [-0.25, -0.2) is 0 Å². The number of furan rings is 1. The van der Waals surface area contributed by atoms with Crippen LogP contribution in [0.3, 0.4) is 0 Å². The Hall–Kier alpha value is -0.800. The summed E-state index contributed by atoms with van der Waals surface area (Å²) in [5, 5.41) is 9.00. The minimum absolute atomic E-state index is 0.455. The molecule has 0 saturated carbocycles. The van der Waals surface area contributed by atoms with Crippen molar-refractivity contribution < 1.29 is 9.52 Å². The van der Waals surface area contributed by atoms with E-state index in [4.69, 9.17) is 15.3 Å². The fourth-order valence-electron chi connectivity index (χ4n) is 0.721. The molecular weight excluding hydrogens is 130 g/mol. The van der Waals surface area contributed by atoms with Crippen LogP contribution in [0.15, 0.2) is 16.7 Å². The molecule has 1 aromatic heterocycles. The van der Waals surface area contributed by atoms with E-state index >= 15 is 0 Å². The maximum atomic E-state index is 9.00. The standard InChI is InChI=1S/C7H11NO2/c1-5(9)7-2-6(3-8)4-10-7/h2,4-5,9H,3,8H2,1H3. The molecular formula is C7H11NO2. The Bertz CT molecular complexity index is 205. The van der Waals surface area contributed by atoms with Crippen LogP contribution in [-0.4, -0.2) is 5.11 Å². The zero-order chi connectivity index (χ0) is 7.56. The van der Waals surface area contributed by atoms with Crippen molar-refractivity contribution >= 4 is 0 Å². The van der Waals surface area contributed by atoms with Crippen molar-refractivity contribution in [2.24, 2.45) is 5.73 Å². The second-order valence-electron chi connectivity index (χ2n) is 2.24. The molecule has 1 rings (SSSR count). The first-order chi connectivity index (χ1) is 4.74. The predicted octanol–water partition coefficient (Wildman–Crippen LogP) is 0.792. The highest BCUT2D eigenvalue weighted by Crippen LogP contribution is 2.14. The maximum Gasteiger partial charge on any atom is 0.132 e. The minimum Gasteiger partial charge on any atom is -0.466 e. The summed E-state index contributed by atoms with van der Waals surface area (Å²) < 4.78 is 4.99. The quantitative estimate of drug-likeness (QED) is 0.640. The lowest BCUT2D eigenvalue weighted by Gasteiger charge is -1.94. The van der Waals surface area contributed by atoms with Crippen LogP contribution < -0.4 is 5.73 Å². The summed E-state index contributed by atoms with van der Waals surface area (Å²) in [6.45, 7) is 2.11. The van der Waals surface area contributed by atoms with Gasteiger partial charge in [0, 0.05) is 12.1 Å². The molecule has 3 heteroatoms. The second kappa shape index (κ2) is 2.86. The van der Waals surface area contributed by atoms with E-state index in [-0.39, 0.29) is 0 Å². The van der Waals surface area contributed by atoms with Crippen LogP contribution in [0.25, 0.3) is 0 Å². The summed E-state index contributed by atoms with van der Waals surface area (Å²) >= 11 is 0. The van der Waals surface area contributed by atoms with Gasteiger partial charge in [0.05, 0.1) is 6.26 Å². The molecule has 0 aliphatic heterocycles. The maximum absolute atomic E-state index is 9.00. The fourth-order valence-corrected chi connectivity index (χ4v) is 0.721. The van der Waals surface area contributed by atoms with Gasteiger partial charge in [-0.05, 0) is 13.0 Å². The monoisotopic (exact) mass is 141 g/mol. The summed E-state index contributed by atoms with van der Waals surface area (Å²) in [5.41, 5.74) is 6.23. The van der Waals surface area contributed by atoms with Crippen molar-refractivity contribution in [3.63, 3.8) is 0 Å². The number of aliphatic hydroxyl groups is 1. The van der Waals surface area contributed by atoms with E-state index in [9.17, 15) is 0 Å². The lowest BCUT2D eigenvalue weighted by molar-refractivity contribution is 0.169. The Morgan fingerprint density at radius 1 is 1.80 bits per heavy atom. The van der Waals surface area contributed by atoms with Crippen LogP contribution in [0, 0.1) is 0 Å². The number of nitrogens with two attached hydrogens (primary N) is 1. The SMILES string of the molecule is CC(O)c1cc(CN)co1. The first-order valence-electron chi connectivity index (χ1n) is 3.19. The van der Waals surface area contributed by atoms with Gasteiger partial charge in [-0.1, -0.05) is 0 Å². The fraction of sp³-hybridized carbons (Fsp3) is 0.429. The molecule has 0 aliphatic carbocycles. The van der Waals surface area contributed by atoms with Gasteiger partial charge >= 0.3 is 0 Å². The van der Waals surface area contributed by atoms with Crippen LogP contribution in [-0.2, 0) is 6.54 Å². The molecule has 0 amide bonds. The average Bonchev–Trinajstić information content (AvgIpc) is 2.34. The third-order valence-corrected chi connectivity index (χ3v) is 1.32. The van der Waals surface area contributed by atoms with Gasteiger partial charge in [0.15, 0.2) is 0 Å². The van der Waals surface area contributed by atoms with Crippen molar-refractivity contribution in [3.05, 3.63) is 23.7 Å². The lowest BCUT2D eigenvalue weighted by Crippen LogP contribution is -1.93. The highest BCUT2D eigenvalue weighted by atomic mass is 16.4. The molecule has 0 radical (unpaired) electrons. The highest BCUT2D eigenvalue weighted by Gasteiger charge is 2.04. The van der Waals surface area contributed by atoms with Crippen molar-refractivity contribution in [2.45, 2.75) is 19.6 Å². The molecule has 1 unspecified atom stereocenters. The summed E-state index contributed by atoms with van der Waals surface area (Å²) in [6.07, 6.45) is 1.02. The zero-order valence-corrected chi connectivity index (χ0v) is 5.87. The third-order valence-electron chi connectivity index (χ3n) is 1.32. The van der Waals surface area contributed by atoms with Crippen LogP contribution >= 0.6 is 0 Å². The molecule has 1 aromatic rings. The summed E-state index contributed by atoms with van der Waals surface area (Å²) in [7, 11) is 0. The average molecular weight is 141 g/mol. The van der Waals surface area contributed by atoms with Gasteiger partial charge in [0.2, 0.25) is 0 Å². The normalized spacial score (nSPS) is 13.5. The van der Waals surface area contributed by atoms with E-state index in [1.807, 2.05) is 0 Å². The molecule has 0 fully saturated rings. The molecule has 3 nitrogen and oxygen atoms in total. The van der Waals surface area contributed by atoms with E-state index in [2.05, 4.69) is 0 Å². The number of hydrogen-bond donors (Lipinski definition) is 2. The van der Waals surface area contributed by atoms with E-state index in [1.54, 1.807) is 19.3 Å². The van der Waals surface area contributed by atoms with Crippen molar-refractivity contribution in [1.82, 2.24) is 0 Å². The molecule has 0 aromatic carbocycles. The zero-order valence-electron chi connectivity index (χ0n) is 5.87. The Labute approximate surface area is 59.5 Å². The molecule has 1 atom stereocenters. The van der Waals surface area contributed by atoms with Crippen LogP contribution in [0.4, 0.5) is 0 Å². The molecule has 0 saturated heterocycles. The molecule has 0 bridgehead atoms. The van der Waals surface area contributed by atoms with Crippen molar-refractivity contribution in [2.75, 3.05) is 0 Å². The van der Waals surface area contributed by atoms with Gasteiger partial charge in [0.1, 0.15) is 11.9 Å². The first-order valence-corrected chi connectivity index (χ1v) is 3.19. The van der Waals surface area contributed by atoms with Gasteiger partial charge in [0.25, 0.3) is 0 Å². The van der Waals surface area contributed by atoms with Gasteiger partial charge < -0.3 is 15.3 Å². The van der Waals surface area contributed by atoms with Crippen LogP contribution in [0.1, 0.15) is 24.4 Å². The molecule has 56 valence electrons.